The molecule has 0 atom stereocenters. The predicted octanol–water partition coefficient (Wildman–Crippen LogP) is 2.20. The third-order valence-corrected chi connectivity index (χ3v) is 5.55. The molecule has 5 N–H and O–H groups in total. The molecule has 0 aromatic carbocycles. The van der Waals surface area contributed by atoms with Crippen molar-refractivity contribution < 1.29 is 4.79 Å². The predicted molar refractivity (Wildman–Crippen MR) is 88.0 cm³/mol. The number of primary amides is 1. The number of nitrogens with zero attached hydrogens (tertiary/aromatic N) is 1. The highest BCUT2D eigenvalue weighted by Gasteiger charge is 2.32. The number of hydrogen-bond donors (Lipinski definition) is 3. The van der Waals surface area contributed by atoms with E-state index in [1.54, 1.807) is 0 Å². The largest absolute Gasteiger partial charge is 0.397 e. The summed E-state index contributed by atoms with van der Waals surface area (Å²) in [6, 6.07) is 0. The lowest BCUT2D eigenvalue weighted by Gasteiger charge is -2.26. The Hall–Kier alpha value is -1.27. The number of piperidine rings is 1. The number of anilines is 2. The number of carbonyl (C=O) groups excluding carboxylic acids is 1. The van der Waals surface area contributed by atoms with Gasteiger partial charge in [-0.15, -0.1) is 11.3 Å². The molecule has 1 saturated heterocycles. The minimum atomic E-state index is -0.413. The number of nitrogens with one attached hydrogen (secondary N) is 1. The van der Waals surface area contributed by atoms with E-state index < -0.39 is 5.91 Å². The highest BCUT2D eigenvalue weighted by molar-refractivity contribution is 7.18. The van der Waals surface area contributed by atoms with Gasteiger partial charge in [-0.05, 0) is 44.7 Å². The van der Waals surface area contributed by atoms with Crippen LogP contribution in [0.25, 0.3) is 0 Å². The molecule has 5 nitrogen and oxygen atoms in total. The van der Waals surface area contributed by atoms with Crippen molar-refractivity contribution in [1.29, 1.82) is 0 Å². The summed E-state index contributed by atoms with van der Waals surface area (Å²) in [4.78, 5) is 14.5. The Morgan fingerprint density at radius 2 is 2.00 bits per heavy atom. The molecule has 1 amide bonds. The van der Waals surface area contributed by atoms with Crippen molar-refractivity contribution in [2.75, 3.05) is 37.2 Å². The van der Waals surface area contributed by atoms with Gasteiger partial charge in [-0.25, -0.2) is 0 Å². The summed E-state index contributed by atoms with van der Waals surface area (Å²) in [7, 11) is 0. The van der Waals surface area contributed by atoms with Crippen LogP contribution in [0.1, 0.15) is 53.3 Å². The number of carbonyl (C=O) groups is 1. The fourth-order valence-electron chi connectivity index (χ4n) is 3.06. The molecule has 0 radical (unpaired) electrons. The van der Waals surface area contributed by atoms with Crippen LogP contribution >= 0.6 is 11.3 Å². The second-order valence-electron chi connectivity index (χ2n) is 6.06. The molecule has 2 heterocycles. The van der Waals surface area contributed by atoms with Gasteiger partial charge in [0.15, 0.2) is 0 Å². The Bertz CT molecular complexity index is 518. The Balaban J connectivity index is 1.64. The SMILES string of the molecule is NC(=O)c1sc(NCCN2CCCCC2)c(C2CC2)c1N. The van der Waals surface area contributed by atoms with Crippen LogP contribution < -0.4 is 16.8 Å². The van der Waals surface area contributed by atoms with E-state index in [0.29, 0.717) is 16.5 Å². The lowest BCUT2D eigenvalue weighted by Crippen LogP contribution is -2.33. The van der Waals surface area contributed by atoms with Crippen LogP contribution in [0, 0.1) is 0 Å². The van der Waals surface area contributed by atoms with Gasteiger partial charge in [-0.3, -0.25) is 4.79 Å². The first-order chi connectivity index (χ1) is 10.2. The van der Waals surface area contributed by atoms with Crippen molar-refractivity contribution in [1.82, 2.24) is 4.90 Å². The lowest BCUT2D eigenvalue weighted by atomic mass is 10.1. The number of hydrogen-bond acceptors (Lipinski definition) is 5. The zero-order chi connectivity index (χ0) is 14.8. The van der Waals surface area contributed by atoms with Gasteiger partial charge in [0.1, 0.15) is 4.88 Å². The van der Waals surface area contributed by atoms with Crippen LogP contribution in [-0.2, 0) is 0 Å². The fraction of sp³-hybridized carbons (Fsp3) is 0.667. The summed E-state index contributed by atoms with van der Waals surface area (Å²) in [6.07, 6.45) is 6.31. The summed E-state index contributed by atoms with van der Waals surface area (Å²) >= 11 is 1.42. The van der Waals surface area contributed by atoms with Crippen molar-refractivity contribution in [3.63, 3.8) is 0 Å². The first kappa shape index (κ1) is 14.7. The minimum Gasteiger partial charge on any atom is -0.397 e. The molecule has 1 saturated carbocycles. The van der Waals surface area contributed by atoms with E-state index >= 15 is 0 Å². The van der Waals surface area contributed by atoms with E-state index in [0.717, 1.165) is 23.7 Å². The second-order valence-corrected chi connectivity index (χ2v) is 7.08. The Labute approximate surface area is 129 Å². The van der Waals surface area contributed by atoms with Crippen LogP contribution in [0.4, 0.5) is 10.7 Å². The molecule has 21 heavy (non-hydrogen) atoms. The fourth-order valence-corrected chi connectivity index (χ4v) is 4.14. The highest BCUT2D eigenvalue weighted by atomic mass is 32.1. The van der Waals surface area contributed by atoms with Crippen molar-refractivity contribution in [3.8, 4) is 0 Å². The first-order valence-electron chi connectivity index (χ1n) is 7.85. The third kappa shape index (κ3) is 3.32. The molecule has 1 aliphatic carbocycles. The van der Waals surface area contributed by atoms with Crippen molar-refractivity contribution in [3.05, 3.63) is 10.4 Å². The van der Waals surface area contributed by atoms with Crippen LogP contribution in [0.15, 0.2) is 0 Å². The second kappa shape index (κ2) is 6.23. The van der Waals surface area contributed by atoms with Crippen LogP contribution in [0.3, 0.4) is 0 Å². The van der Waals surface area contributed by atoms with Crippen LogP contribution in [0.5, 0.6) is 0 Å². The average Bonchev–Trinajstić information content (AvgIpc) is 3.24. The molecule has 1 aliphatic heterocycles. The third-order valence-electron chi connectivity index (χ3n) is 4.36. The number of amides is 1. The lowest BCUT2D eigenvalue weighted by molar-refractivity contribution is 0.100. The molecule has 1 aromatic rings. The maximum Gasteiger partial charge on any atom is 0.260 e. The molecule has 2 aliphatic rings. The molecule has 1 aromatic heterocycles. The highest BCUT2D eigenvalue weighted by Crippen LogP contribution is 2.50. The number of nitrogens with two attached hydrogens (primary N) is 2. The molecule has 2 fully saturated rings. The summed E-state index contributed by atoms with van der Waals surface area (Å²) < 4.78 is 0. The van der Waals surface area contributed by atoms with Gasteiger partial charge in [0.2, 0.25) is 0 Å². The van der Waals surface area contributed by atoms with Gasteiger partial charge >= 0.3 is 0 Å². The van der Waals surface area contributed by atoms with E-state index in [-0.39, 0.29) is 0 Å². The quantitative estimate of drug-likeness (QED) is 0.752. The molecule has 3 rings (SSSR count). The Morgan fingerprint density at radius 3 is 2.62 bits per heavy atom. The topological polar surface area (TPSA) is 84.4 Å². The van der Waals surface area contributed by atoms with Gasteiger partial charge in [0, 0.05) is 18.7 Å². The zero-order valence-corrected chi connectivity index (χ0v) is 13.2. The first-order valence-corrected chi connectivity index (χ1v) is 8.66. The van der Waals surface area contributed by atoms with E-state index in [1.807, 2.05) is 0 Å². The summed E-state index contributed by atoms with van der Waals surface area (Å²) in [5.74, 6) is 0.107. The molecule has 0 unspecified atom stereocenters. The average molecular weight is 308 g/mol. The number of rotatable bonds is 6. The number of thiophene rings is 1. The standard InChI is InChI=1S/C15H24N4OS/c16-12-11(10-4-5-10)15(21-13(12)14(17)20)18-6-9-19-7-2-1-3-8-19/h10,18H,1-9,16H2,(H2,17,20). The minimum absolute atomic E-state index is 0.413. The van der Waals surface area contributed by atoms with Crippen molar-refractivity contribution in [2.45, 2.75) is 38.0 Å². The zero-order valence-electron chi connectivity index (χ0n) is 12.4. The number of likely N-dealkylation sites (tertiary alicyclic amines) is 1. The van der Waals surface area contributed by atoms with Gasteiger partial charge < -0.3 is 21.7 Å². The van der Waals surface area contributed by atoms with Crippen molar-refractivity contribution >= 4 is 27.9 Å². The van der Waals surface area contributed by atoms with E-state index in [4.69, 9.17) is 11.5 Å². The number of nitrogen functional groups attached to an aromatic ring is 1. The summed E-state index contributed by atoms with van der Waals surface area (Å²) in [6.45, 7) is 4.36. The summed E-state index contributed by atoms with van der Waals surface area (Å²) in [5.41, 5.74) is 13.3. The molecule has 116 valence electrons. The van der Waals surface area contributed by atoms with Crippen LogP contribution in [-0.4, -0.2) is 37.0 Å². The normalized spacial score (nSPS) is 19.6. The van der Waals surface area contributed by atoms with Gasteiger partial charge in [-0.1, -0.05) is 6.42 Å². The maximum atomic E-state index is 11.5. The smallest absolute Gasteiger partial charge is 0.260 e. The summed E-state index contributed by atoms with van der Waals surface area (Å²) in [5, 5.41) is 4.54. The Kier molecular flexibility index (Phi) is 4.35. The molecule has 0 bridgehead atoms. The van der Waals surface area contributed by atoms with E-state index in [2.05, 4.69) is 10.2 Å². The maximum absolute atomic E-state index is 11.5. The van der Waals surface area contributed by atoms with Gasteiger partial charge in [0.25, 0.3) is 5.91 Å². The molecular weight excluding hydrogens is 284 g/mol. The van der Waals surface area contributed by atoms with Crippen molar-refractivity contribution in [2.24, 2.45) is 5.73 Å². The van der Waals surface area contributed by atoms with Crippen LogP contribution in [0.2, 0.25) is 0 Å². The van der Waals surface area contributed by atoms with Gasteiger partial charge in [-0.2, -0.15) is 0 Å². The monoisotopic (exact) mass is 308 g/mol. The Morgan fingerprint density at radius 1 is 1.29 bits per heavy atom. The molecule has 6 heteroatoms. The van der Waals surface area contributed by atoms with E-state index in [1.165, 1.54) is 56.5 Å². The van der Waals surface area contributed by atoms with Gasteiger partial charge in [0.05, 0.1) is 10.7 Å². The molecular formula is C15H24N4OS. The van der Waals surface area contributed by atoms with E-state index in [9.17, 15) is 4.79 Å². The molecule has 0 spiro atoms.